The fourth-order valence-electron chi connectivity index (χ4n) is 7.87. The zero-order valence-electron chi connectivity index (χ0n) is 27.1. The molecule has 9 rings (SSSR count). The molecular formula is C46H38N2. The predicted octanol–water partition coefficient (Wildman–Crippen LogP) is 10.8. The van der Waals surface area contributed by atoms with Crippen LogP contribution in [-0.2, 0) is 6.42 Å². The van der Waals surface area contributed by atoms with Crippen molar-refractivity contribution in [2.24, 2.45) is 0 Å². The molecule has 232 valence electrons. The first-order valence-corrected chi connectivity index (χ1v) is 17.4. The van der Waals surface area contributed by atoms with Crippen molar-refractivity contribution in [1.29, 1.82) is 0 Å². The summed E-state index contributed by atoms with van der Waals surface area (Å²) in [6.07, 6.45) is 20.5. The smallest absolute Gasteiger partial charge is 0.0536 e. The molecule has 2 nitrogen and oxygen atoms in total. The zero-order chi connectivity index (χ0) is 31.9. The number of fused-ring (bicyclic) bond motifs is 5. The molecule has 0 aromatic heterocycles. The van der Waals surface area contributed by atoms with E-state index in [1.807, 2.05) is 0 Å². The third kappa shape index (κ3) is 5.05. The molecule has 0 fully saturated rings. The van der Waals surface area contributed by atoms with Crippen molar-refractivity contribution in [2.75, 3.05) is 9.80 Å². The third-order valence-electron chi connectivity index (χ3n) is 10.1. The molecule has 6 aromatic carbocycles. The van der Waals surface area contributed by atoms with Crippen molar-refractivity contribution in [3.05, 3.63) is 173 Å². The first-order chi connectivity index (χ1) is 23.8. The SMILES string of the molecule is C1=CC(N(C2=c3ccccc3=CCC2)c2ccc3c(ccc4cc(N(c5ccccc5)c5cccc6c5C=CCC6)ccc43)c2)=CCC1. The van der Waals surface area contributed by atoms with Crippen molar-refractivity contribution in [3.63, 3.8) is 0 Å². The number of para-hydroxylation sites is 1. The van der Waals surface area contributed by atoms with E-state index in [0.717, 1.165) is 38.5 Å². The number of allylic oxidation sites excluding steroid dienone is 4. The lowest BCUT2D eigenvalue weighted by Gasteiger charge is -2.31. The van der Waals surface area contributed by atoms with Gasteiger partial charge in [0.05, 0.1) is 5.69 Å². The van der Waals surface area contributed by atoms with E-state index in [1.165, 1.54) is 77.3 Å². The molecule has 3 aliphatic carbocycles. The van der Waals surface area contributed by atoms with Crippen LogP contribution in [0.15, 0.2) is 151 Å². The number of hydrogen-bond donors (Lipinski definition) is 0. The Morgan fingerprint density at radius 3 is 2.02 bits per heavy atom. The van der Waals surface area contributed by atoms with E-state index < -0.39 is 0 Å². The highest BCUT2D eigenvalue weighted by atomic mass is 15.2. The maximum atomic E-state index is 2.51. The maximum Gasteiger partial charge on any atom is 0.0536 e. The van der Waals surface area contributed by atoms with Gasteiger partial charge in [0.1, 0.15) is 0 Å². The Hall–Kier alpha value is -5.60. The number of aryl methyl sites for hydroxylation is 1. The summed E-state index contributed by atoms with van der Waals surface area (Å²) in [6, 6.07) is 45.0. The Labute approximate surface area is 282 Å². The van der Waals surface area contributed by atoms with Gasteiger partial charge in [0, 0.05) is 39.2 Å². The van der Waals surface area contributed by atoms with E-state index in [4.69, 9.17) is 0 Å². The second kappa shape index (κ2) is 12.2. The Kier molecular flexibility index (Phi) is 7.28. The van der Waals surface area contributed by atoms with Crippen LogP contribution in [0.25, 0.3) is 39.4 Å². The van der Waals surface area contributed by atoms with Gasteiger partial charge in [-0.05, 0) is 119 Å². The normalized spacial score (nSPS) is 15.1. The maximum absolute atomic E-state index is 2.51. The zero-order valence-corrected chi connectivity index (χ0v) is 27.1. The van der Waals surface area contributed by atoms with E-state index in [0.29, 0.717) is 0 Å². The van der Waals surface area contributed by atoms with Crippen LogP contribution >= 0.6 is 0 Å². The van der Waals surface area contributed by atoms with Crippen LogP contribution in [0.3, 0.4) is 0 Å². The molecule has 0 spiro atoms. The summed E-state index contributed by atoms with van der Waals surface area (Å²) in [5.74, 6) is 0. The standard InChI is InChI=1S/C46H38N2/c1-3-17-37(18-4-1)47(45-23-11-15-33-13-7-9-21-43(33)45)39-27-29-41-35(31-39)25-26-36-32-40(28-30-42(36)41)48(38-19-5-2-6-20-38)46-24-12-16-34-14-8-10-22-44(34)46/h1,3-5,8-11,14-23,25-32H,2,6-7,12-13,24H2. The fourth-order valence-corrected chi connectivity index (χ4v) is 7.87. The monoisotopic (exact) mass is 618 g/mol. The van der Waals surface area contributed by atoms with Gasteiger partial charge in [-0.1, -0.05) is 109 Å². The molecular weight excluding hydrogens is 581 g/mol. The molecule has 6 aromatic rings. The number of hydrogen-bond acceptors (Lipinski definition) is 2. The summed E-state index contributed by atoms with van der Waals surface area (Å²) in [4.78, 5) is 4.93. The molecule has 0 saturated heterocycles. The summed E-state index contributed by atoms with van der Waals surface area (Å²) < 4.78 is 0. The molecule has 2 heteroatoms. The Balaban J connectivity index is 1.17. The molecule has 0 bridgehead atoms. The lowest BCUT2D eigenvalue weighted by atomic mass is 9.94. The quantitative estimate of drug-likeness (QED) is 0.171. The number of benzene rings is 6. The molecule has 0 N–H and O–H groups in total. The minimum Gasteiger partial charge on any atom is -0.314 e. The van der Waals surface area contributed by atoms with Gasteiger partial charge in [-0.2, -0.15) is 0 Å². The molecule has 0 aliphatic heterocycles. The lowest BCUT2D eigenvalue weighted by molar-refractivity contribution is 0.966. The topological polar surface area (TPSA) is 6.48 Å². The van der Waals surface area contributed by atoms with Crippen LogP contribution in [-0.4, -0.2) is 0 Å². The van der Waals surface area contributed by atoms with Crippen LogP contribution < -0.4 is 20.2 Å². The summed E-state index contributed by atoms with van der Waals surface area (Å²) in [7, 11) is 0. The Bertz CT molecular complexity index is 2410. The van der Waals surface area contributed by atoms with Gasteiger partial charge in [0.2, 0.25) is 0 Å². The summed E-state index contributed by atoms with van der Waals surface area (Å²) >= 11 is 0. The van der Waals surface area contributed by atoms with Crippen LogP contribution in [0.5, 0.6) is 0 Å². The van der Waals surface area contributed by atoms with Crippen molar-refractivity contribution in [2.45, 2.75) is 38.5 Å². The van der Waals surface area contributed by atoms with Crippen LogP contribution in [0.2, 0.25) is 0 Å². The van der Waals surface area contributed by atoms with Gasteiger partial charge in [-0.25, -0.2) is 0 Å². The van der Waals surface area contributed by atoms with E-state index in [-0.39, 0.29) is 0 Å². The minimum atomic E-state index is 1.03. The van der Waals surface area contributed by atoms with Gasteiger partial charge in [-0.3, -0.25) is 0 Å². The second-order valence-electron chi connectivity index (χ2n) is 13.1. The van der Waals surface area contributed by atoms with Crippen molar-refractivity contribution < 1.29 is 0 Å². The van der Waals surface area contributed by atoms with Crippen LogP contribution in [0.4, 0.5) is 22.7 Å². The summed E-state index contributed by atoms with van der Waals surface area (Å²) in [5.41, 5.74) is 10.2. The molecule has 48 heavy (non-hydrogen) atoms. The molecule has 0 heterocycles. The lowest BCUT2D eigenvalue weighted by Crippen LogP contribution is -2.36. The molecule has 0 unspecified atom stereocenters. The van der Waals surface area contributed by atoms with E-state index in [1.54, 1.807) is 0 Å². The largest absolute Gasteiger partial charge is 0.314 e. The van der Waals surface area contributed by atoms with Crippen molar-refractivity contribution >= 4 is 62.1 Å². The minimum absolute atomic E-state index is 1.03. The Morgan fingerprint density at radius 1 is 0.479 bits per heavy atom. The van der Waals surface area contributed by atoms with Crippen molar-refractivity contribution in [3.8, 4) is 0 Å². The van der Waals surface area contributed by atoms with Gasteiger partial charge in [0.25, 0.3) is 0 Å². The summed E-state index contributed by atoms with van der Waals surface area (Å²) in [5, 5.41) is 7.74. The predicted molar refractivity (Wildman–Crippen MR) is 205 cm³/mol. The molecule has 0 radical (unpaired) electrons. The van der Waals surface area contributed by atoms with Crippen LogP contribution in [0.1, 0.15) is 43.2 Å². The highest BCUT2D eigenvalue weighted by Gasteiger charge is 2.21. The first kappa shape index (κ1) is 28.6. The average Bonchev–Trinajstić information content (AvgIpc) is 3.16. The Morgan fingerprint density at radius 2 is 1.23 bits per heavy atom. The highest BCUT2D eigenvalue weighted by Crippen LogP contribution is 2.42. The average molecular weight is 619 g/mol. The number of rotatable bonds is 6. The molecule has 0 atom stereocenters. The number of anilines is 4. The van der Waals surface area contributed by atoms with Crippen molar-refractivity contribution in [1.82, 2.24) is 0 Å². The molecule has 0 saturated carbocycles. The van der Waals surface area contributed by atoms with Gasteiger partial charge >= 0.3 is 0 Å². The first-order valence-electron chi connectivity index (χ1n) is 17.4. The van der Waals surface area contributed by atoms with E-state index >= 15 is 0 Å². The number of nitrogens with zero attached hydrogens (tertiary/aromatic N) is 2. The fraction of sp³-hybridized carbons (Fsp3) is 0.130. The molecule has 0 amide bonds. The highest BCUT2D eigenvalue weighted by molar-refractivity contribution is 6.09. The van der Waals surface area contributed by atoms with Gasteiger partial charge in [-0.15, -0.1) is 0 Å². The van der Waals surface area contributed by atoms with Crippen LogP contribution in [0, 0.1) is 0 Å². The van der Waals surface area contributed by atoms with Gasteiger partial charge in [0.15, 0.2) is 0 Å². The second-order valence-corrected chi connectivity index (χ2v) is 13.1. The van der Waals surface area contributed by atoms with Gasteiger partial charge < -0.3 is 9.80 Å². The molecule has 3 aliphatic rings. The summed E-state index contributed by atoms with van der Waals surface area (Å²) in [6.45, 7) is 0. The third-order valence-corrected chi connectivity index (χ3v) is 10.1. The van der Waals surface area contributed by atoms with E-state index in [2.05, 4.69) is 168 Å². The van der Waals surface area contributed by atoms with E-state index in [9.17, 15) is 0 Å².